The Hall–Kier alpha value is -5.58. The van der Waals surface area contributed by atoms with E-state index in [-0.39, 0.29) is 22.9 Å². The van der Waals surface area contributed by atoms with Crippen LogP contribution in [0.2, 0.25) is 0 Å². The molecule has 1 aliphatic rings. The molecule has 0 saturated heterocycles. The van der Waals surface area contributed by atoms with E-state index in [9.17, 15) is 14.0 Å². The number of hydrogen-bond acceptors (Lipinski definition) is 5. The molecule has 9 nitrogen and oxygen atoms in total. The van der Waals surface area contributed by atoms with Gasteiger partial charge >= 0.3 is 0 Å². The average Bonchev–Trinajstić information content (AvgIpc) is 3.58. The van der Waals surface area contributed by atoms with Gasteiger partial charge in [0.05, 0.1) is 17.9 Å². The number of rotatable bonds is 7. The maximum atomic E-state index is 15.3. The van der Waals surface area contributed by atoms with E-state index < -0.39 is 23.1 Å². The van der Waals surface area contributed by atoms with Crippen molar-refractivity contribution in [3.63, 3.8) is 0 Å². The summed E-state index contributed by atoms with van der Waals surface area (Å²) in [7, 11) is 1.83. The number of amides is 1. The zero-order valence-electron chi connectivity index (χ0n) is 22.8. The molecule has 1 fully saturated rings. The average molecular weight is 579 g/mol. The largest absolute Gasteiger partial charge is 0.454 e. The van der Waals surface area contributed by atoms with E-state index in [1.54, 1.807) is 35.4 Å². The van der Waals surface area contributed by atoms with Crippen molar-refractivity contribution in [2.75, 3.05) is 5.32 Å². The van der Waals surface area contributed by atoms with Gasteiger partial charge in [0.25, 0.3) is 11.5 Å². The van der Waals surface area contributed by atoms with Crippen molar-refractivity contribution in [2.24, 2.45) is 7.05 Å². The molecule has 7 rings (SSSR count). The van der Waals surface area contributed by atoms with Gasteiger partial charge in [-0.1, -0.05) is 0 Å². The lowest BCUT2D eigenvalue weighted by molar-refractivity contribution is 0.102. The molecule has 43 heavy (non-hydrogen) atoms. The van der Waals surface area contributed by atoms with Gasteiger partial charge in [0.2, 0.25) is 0 Å². The summed E-state index contributed by atoms with van der Waals surface area (Å²) in [6.07, 6.45) is 6.90. The molecular weight excluding hydrogens is 554 g/mol. The first-order valence-electron chi connectivity index (χ1n) is 13.6. The van der Waals surface area contributed by atoms with Crippen LogP contribution in [0.4, 0.5) is 14.5 Å². The number of aromatic amines is 1. The minimum absolute atomic E-state index is 0.0570. The van der Waals surface area contributed by atoms with Crippen molar-refractivity contribution >= 4 is 22.5 Å². The highest BCUT2D eigenvalue weighted by Crippen LogP contribution is 2.40. The van der Waals surface area contributed by atoms with Crippen molar-refractivity contribution in [1.29, 1.82) is 0 Å². The predicted molar refractivity (Wildman–Crippen MR) is 157 cm³/mol. The Labute approximate surface area is 243 Å². The normalized spacial score (nSPS) is 12.9. The fourth-order valence-corrected chi connectivity index (χ4v) is 5.14. The van der Waals surface area contributed by atoms with E-state index in [0.29, 0.717) is 17.0 Å². The zero-order chi connectivity index (χ0) is 29.7. The number of hydrogen-bond donors (Lipinski definition) is 2. The lowest BCUT2D eigenvalue weighted by atomic mass is 10.1. The number of carbonyl (C=O) groups is 1. The quantitative estimate of drug-likeness (QED) is 0.231. The summed E-state index contributed by atoms with van der Waals surface area (Å²) in [4.78, 5) is 26.7. The Kier molecular flexibility index (Phi) is 6.34. The standard InChI is InChI=1S/C32H24F2N6O3/c1-39-28-14-25(20-15-35-36-16-20)30(12-19(28)17-37-39)43-29-11-6-22(13-26(29)34)38-31(41)24-9-10-27(18-2-3-18)40(32(24)42)23-7-4-21(33)5-8-23/h4-18H,2-3H2,1H3,(H,35,36)(H,38,41). The number of anilines is 1. The van der Waals surface area contributed by atoms with Gasteiger partial charge in [-0.25, -0.2) is 8.78 Å². The van der Waals surface area contributed by atoms with Crippen LogP contribution >= 0.6 is 0 Å². The number of nitrogens with zero attached hydrogens (tertiary/aromatic N) is 4. The molecule has 0 unspecified atom stereocenters. The Morgan fingerprint density at radius 2 is 1.81 bits per heavy atom. The van der Waals surface area contributed by atoms with Gasteiger partial charge in [-0.05, 0) is 79.4 Å². The van der Waals surface area contributed by atoms with Gasteiger partial charge in [0.1, 0.15) is 17.1 Å². The van der Waals surface area contributed by atoms with E-state index in [0.717, 1.165) is 41.1 Å². The van der Waals surface area contributed by atoms with Crippen LogP contribution in [-0.4, -0.2) is 30.5 Å². The molecule has 214 valence electrons. The molecule has 3 aromatic heterocycles. The first-order chi connectivity index (χ1) is 20.9. The van der Waals surface area contributed by atoms with Crippen molar-refractivity contribution in [3.05, 3.63) is 119 Å². The summed E-state index contributed by atoms with van der Waals surface area (Å²) in [6, 6.07) is 16.5. The van der Waals surface area contributed by atoms with Crippen molar-refractivity contribution in [1.82, 2.24) is 24.5 Å². The highest BCUT2D eigenvalue weighted by Gasteiger charge is 2.29. The number of benzene rings is 3. The molecule has 3 heterocycles. The first kappa shape index (κ1) is 26.3. The van der Waals surface area contributed by atoms with Crippen LogP contribution in [-0.2, 0) is 7.05 Å². The van der Waals surface area contributed by atoms with Crippen LogP contribution in [0.5, 0.6) is 11.5 Å². The minimum atomic E-state index is -0.713. The number of aryl methyl sites for hydroxylation is 1. The molecule has 2 N–H and O–H groups in total. The van der Waals surface area contributed by atoms with Crippen LogP contribution in [0.25, 0.3) is 27.7 Å². The molecule has 1 aliphatic carbocycles. The highest BCUT2D eigenvalue weighted by atomic mass is 19.1. The van der Waals surface area contributed by atoms with Gasteiger partial charge < -0.3 is 10.1 Å². The van der Waals surface area contributed by atoms with Crippen molar-refractivity contribution < 1.29 is 18.3 Å². The summed E-state index contributed by atoms with van der Waals surface area (Å²) in [6.45, 7) is 0. The second-order valence-corrected chi connectivity index (χ2v) is 10.4. The maximum absolute atomic E-state index is 15.3. The predicted octanol–water partition coefficient (Wildman–Crippen LogP) is 6.31. The third kappa shape index (κ3) is 4.94. The van der Waals surface area contributed by atoms with Crippen LogP contribution in [0, 0.1) is 11.6 Å². The third-order valence-corrected chi connectivity index (χ3v) is 7.50. The molecule has 0 spiro atoms. The fraction of sp³-hybridized carbons (Fsp3) is 0.125. The number of ether oxygens (including phenoxy) is 1. The van der Waals surface area contributed by atoms with Crippen LogP contribution < -0.4 is 15.6 Å². The SMILES string of the molecule is Cn1ncc2cc(Oc3ccc(NC(=O)c4ccc(C5CC5)n(-c5ccc(F)cc5)c4=O)cc3F)c(-c3cn[nH]c3)cc21. The Balaban J connectivity index is 1.17. The van der Waals surface area contributed by atoms with Crippen molar-refractivity contribution in [2.45, 2.75) is 18.8 Å². The highest BCUT2D eigenvalue weighted by molar-refractivity contribution is 6.04. The monoisotopic (exact) mass is 578 g/mol. The fourth-order valence-electron chi connectivity index (χ4n) is 5.14. The van der Waals surface area contributed by atoms with Gasteiger partial charge in [-0.3, -0.25) is 23.9 Å². The molecule has 1 amide bonds. The Morgan fingerprint density at radius 1 is 1.00 bits per heavy atom. The lowest BCUT2D eigenvalue weighted by Crippen LogP contribution is -2.30. The first-order valence-corrected chi connectivity index (χ1v) is 13.6. The van der Waals surface area contributed by atoms with Gasteiger partial charge in [0.15, 0.2) is 11.6 Å². The number of H-pyrrole nitrogens is 1. The number of pyridine rings is 1. The van der Waals surface area contributed by atoms with Crippen molar-refractivity contribution in [3.8, 4) is 28.3 Å². The maximum Gasteiger partial charge on any atom is 0.268 e. The minimum Gasteiger partial charge on any atom is -0.454 e. The van der Waals surface area contributed by atoms with Gasteiger partial charge in [-0.15, -0.1) is 0 Å². The number of aromatic nitrogens is 5. The Bertz CT molecular complexity index is 2060. The van der Waals surface area contributed by atoms with E-state index in [4.69, 9.17) is 4.74 Å². The third-order valence-electron chi connectivity index (χ3n) is 7.50. The zero-order valence-corrected chi connectivity index (χ0v) is 22.8. The van der Waals surface area contributed by atoms with E-state index >= 15 is 4.39 Å². The molecule has 0 radical (unpaired) electrons. The topological polar surface area (TPSA) is 107 Å². The van der Waals surface area contributed by atoms with Crippen LogP contribution in [0.15, 0.2) is 90.1 Å². The number of carbonyl (C=O) groups excluding carboxylic acids is 1. The van der Waals surface area contributed by atoms with E-state index in [1.165, 1.54) is 47.0 Å². The summed E-state index contributed by atoms with van der Waals surface area (Å²) in [5.41, 5.74) is 3.03. The summed E-state index contributed by atoms with van der Waals surface area (Å²) < 4.78 is 38.1. The van der Waals surface area contributed by atoms with Crippen LogP contribution in [0.1, 0.15) is 34.8 Å². The molecule has 1 saturated carbocycles. The number of halogens is 2. The molecule has 0 atom stereocenters. The number of fused-ring (bicyclic) bond motifs is 1. The summed E-state index contributed by atoms with van der Waals surface area (Å²) >= 11 is 0. The summed E-state index contributed by atoms with van der Waals surface area (Å²) in [5, 5.41) is 14.5. The Morgan fingerprint density at radius 3 is 2.53 bits per heavy atom. The van der Waals surface area contributed by atoms with Crippen LogP contribution in [0.3, 0.4) is 0 Å². The molecule has 6 aromatic rings. The van der Waals surface area contributed by atoms with Gasteiger partial charge in [-0.2, -0.15) is 10.2 Å². The second kappa shape index (κ2) is 10.4. The molecule has 0 aliphatic heterocycles. The molecule has 11 heteroatoms. The molecule has 0 bridgehead atoms. The smallest absolute Gasteiger partial charge is 0.268 e. The second-order valence-electron chi connectivity index (χ2n) is 10.4. The number of nitrogens with one attached hydrogen (secondary N) is 2. The van der Waals surface area contributed by atoms with E-state index in [1.807, 2.05) is 13.1 Å². The molecule has 3 aromatic carbocycles. The van der Waals surface area contributed by atoms with Gasteiger partial charge in [0, 0.05) is 52.9 Å². The summed E-state index contributed by atoms with van der Waals surface area (Å²) in [5.74, 6) is -1.29. The van der Waals surface area contributed by atoms with E-state index in [2.05, 4.69) is 20.6 Å². The lowest BCUT2D eigenvalue weighted by Gasteiger charge is -2.15. The molecular formula is C32H24F2N6O3.